The number of amides is 2. The number of rotatable bonds is 1. The molecule has 0 saturated carbocycles. The maximum Gasteiger partial charge on any atom is 0.271 e. The van der Waals surface area contributed by atoms with Gasteiger partial charge >= 0.3 is 0 Å². The minimum absolute atomic E-state index is 0.184. The number of thioether (sulfide) groups is 1. The number of benzene rings is 2. The fourth-order valence-electron chi connectivity index (χ4n) is 2.95. The van der Waals surface area contributed by atoms with Crippen molar-refractivity contribution in [1.82, 2.24) is 0 Å². The molecule has 0 atom stereocenters. The molecule has 0 radical (unpaired) electrons. The van der Waals surface area contributed by atoms with Gasteiger partial charge in [0.2, 0.25) is 0 Å². The van der Waals surface area contributed by atoms with E-state index in [1.54, 1.807) is 11.9 Å². The Morgan fingerprint density at radius 3 is 2.56 bits per heavy atom. The maximum absolute atomic E-state index is 13.1. The van der Waals surface area contributed by atoms with Crippen LogP contribution in [-0.4, -0.2) is 23.2 Å². The Bertz CT molecular complexity index is 987. The maximum atomic E-state index is 13.1. The first-order chi connectivity index (χ1) is 12.0. The highest BCUT2D eigenvalue weighted by atomic mass is 79.9. The fraction of sp³-hybridized carbons (Fsp3) is 0.0556. The van der Waals surface area contributed by atoms with Gasteiger partial charge in [-0.3, -0.25) is 14.5 Å². The largest absolute Gasteiger partial charge is 0.311 e. The first kappa shape index (κ1) is 16.5. The zero-order valence-corrected chi connectivity index (χ0v) is 16.2. The molecule has 4 nitrogen and oxygen atoms in total. The molecule has 0 unspecified atom stereocenters. The first-order valence-corrected chi connectivity index (χ1v) is 9.44. The average molecular weight is 431 g/mol. The lowest BCUT2D eigenvalue weighted by Gasteiger charge is -2.14. The van der Waals surface area contributed by atoms with Crippen LogP contribution < -0.4 is 9.80 Å². The topological polar surface area (TPSA) is 40.6 Å². The summed E-state index contributed by atoms with van der Waals surface area (Å²) >= 11 is 10.00. The van der Waals surface area contributed by atoms with E-state index < -0.39 is 0 Å². The van der Waals surface area contributed by atoms with Gasteiger partial charge in [0.1, 0.15) is 0 Å². The smallest absolute Gasteiger partial charge is 0.271 e. The van der Waals surface area contributed by atoms with Crippen LogP contribution in [0.3, 0.4) is 0 Å². The van der Waals surface area contributed by atoms with Crippen molar-refractivity contribution in [3.63, 3.8) is 0 Å². The summed E-state index contributed by atoms with van der Waals surface area (Å²) in [6.45, 7) is 0. The van der Waals surface area contributed by atoms with Crippen molar-refractivity contribution in [2.45, 2.75) is 0 Å². The van der Waals surface area contributed by atoms with E-state index >= 15 is 0 Å². The van der Waals surface area contributed by atoms with Crippen LogP contribution in [0.2, 0.25) is 0 Å². The molecule has 2 aliphatic rings. The van der Waals surface area contributed by atoms with Gasteiger partial charge in [0, 0.05) is 17.1 Å². The second kappa shape index (κ2) is 6.09. The molecule has 0 aromatic heterocycles. The van der Waals surface area contributed by atoms with E-state index in [0.29, 0.717) is 20.5 Å². The number of carbonyl (C=O) groups is 2. The van der Waals surface area contributed by atoms with Gasteiger partial charge in [0.25, 0.3) is 11.8 Å². The van der Waals surface area contributed by atoms with Gasteiger partial charge in [0.15, 0.2) is 4.32 Å². The number of hydrogen-bond acceptors (Lipinski definition) is 4. The highest BCUT2D eigenvalue weighted by molar-refractivity contribution is 9.10. The third kappa shape index (κ3) is 2.54. The lowest BCUT2D eigenvalue weighted by molar-refractivity contribution is -0.115. The van der Waals surface area contributed by atoms with Crippen LogP contribution in [0.4, 0.5) is 11.4 Å². The Kier molecular flexibility index (Phi) is 4.02. The monoisotopic (exact) mass is 430 g/mol. The van der Waals surface area contributed by atoms with E-state index in [-0.39, 0.29) is 11.8 Å². The molecule has 7 heteroatoms. The summed E-state index contributed by atoms with van der Waals surface area (Å²) in [4.78, 5) is 29.2. The average Bonchev–Trinajstić information content (AvgIpc) is 3.02. The van der Waals surface area contributed by atoms with Gasteiger partial charge in [-0.25, -0.2) is 0 Å². The summed E-state index contributed by atoms with van der Waals surface area (Å²) in [6, 6.07) is 14.8. The lowest BCUT2D eigenvalue weighted by Crippen LogP contribution is -2.28. The molecule has 2 heterocycles. The highest BCUT2D eigenvalue weighted by Crippen LogP contribution is 2.45. The van der Waals surface area contributed by atoms with Crippen LogP contribution in [0, 0.1) is 0 Å². The van der Waals surface area contributed by atoms with Crippen molar-refractivity contribution in [2.75, 3.05) is 16.8 Å². The van der Waals surface area contributed by atoms with Crippen LogP contribution in [0.25, 0.3) is 5.57 Å². The van der Waals surface area contributed by atoms with Gasteiger partial charge in [-0.05, 0) is 24.3 Å². The van der Waals surface area contributed by atoms with Crippen molar-refractivity contribution in [2.24, 2.45) is 0 Å². The summed E-state index contributed by atoms with van der Waals surface area (Å²) in [5, 5.41) is 0. The lowest BCUT2D eigenvalue weighted by atomic mass is 10.1. The van der Waals surface area contributed by atoms with E-state index in [9.17, 15) is 9.59 Å². The van der Waals surface area contributed by atoms with E-state index in [0.717, 1.165) is 15.7 Å². The summed E-state index contributed by atoms with van der Waals surface area (Å²) in [7, 11) is 1.71. The minimum atomic E-state index is -0.262. The van der Waals surface area contributed by atoms with E-state index in [2.05, 4.69) is 15.9 Å². The number of carbonyl (C=O) groups excluding carboxylic acids is 2. The number of likely N-dealkylation sites (N-methyl/N-ethyl adjacent to an activating group) is 1. The van der Waals surface area contributed by atoms with Gasteiger partial charge in [-0.2, -0.15) is 0 Å². The molecule has 2 aliphatic heterocycles. The summed E-state index contributed by atoms with van der Waals surface area (Å²) < 4.78 is 1.28. The number of halogens is 1. The van der Waals surface area contributed by atoms with E-state index in [4.69, 9.17) is 12.2 Å². The SMILES string of the molecule is CN1C(=O)C(=C2SC(=S)N(c3cccc(Br)c3)C2=O)c2ccccc21. The summed E-state index contributed by atoms with van der Waals surface area (Å²) in [6.07, 6.45) is 0. The van der Waals surface area contributed by atoms with Crippen molar-refractivity contribution < 1.29 is 9.59 Å². The van der Waals surface area contributed by atoms with E-state index in [1.165, 1.54) is 16.7 Å². The second-order valence-electron chi connectivity index (χ2n) is 5.57. The molecule has 4 rings (SSSR count). The highest BCUT2D eigenvalue weighted by Gasteiger charge is 2.41. The summed E-state index contributed by atoms with van der Waals surface area (Å²) in [5.41, 5.74) is 2.67. The van der Waals surface area contributed by atoms with Crippen molar-refractivity contribution in [3.8, 4) is 0 Å². The fourth-order valence-corrected chi connectivity index (χ4v) is 4.70. The number of fused-ring (bicyclic) bond motifs is 1. The molecule has 0 N–H and O–H groups in total. The van der Waals surface area contributed by atoms with Crippen LogP contribution in [-0.2, 0) is 9.59 Å². The number of hydrogen-bond donors (Lipinski definition) is 0. The predicted molar refractivity (Wildman–Crippen MR) is 109 cm³/mol. The van der Waals surface area contributed by atoms with Gasteiger partial charge in [-0.1, -0.05) is 64.2 Å². The Morgan fingerprint density at radius 1 is 1.04 bits per heavy atom. The molecule has 25 heavy (non-hydrogen) atoms. The Morgan fingerprint density at radius 2 is 1.80 bits per heavy atom. The molecule has 0 spiro atoms. The Balaban J connectivity index is 1.85. The first-order valence-electron chi connectivity index (χ1n) is 7.42. The van der Waals surface area contributed by atoms with Crippen molar-refractivity contribution in [1.29, 1.82) is 0 Å². The molecule has 2 aromatic carbocycles. The molecule has 124 valence electrons. The Labute approximate surface area is 162 Å². The van der Waals surface area contributed by atoms with E-state index in [1.807, 2.05) is 48.5 Å². The zero-order valence-electron chi connectivity index (χ0n) is 13.0. The van der Waals surface area contributed by atoms with Crippen LogP contribution >= 0.6 is 39.9 Å². The van der Waals surface area contributed by atoms with Crippen LogP contribution in [0.15, 0.2) is 57.9 Å². The van der Waals surface area contributed by atoms with Gasteiger partial charge in [-0.15, -0.1) is 0 Å². The normalized spacial score (nSPS) is 19.8. The van der Waals surface area contributed by atoms with Gasteiger partial charge < -0.3 is 4.90 Å². The van der Waals surface area contributed by atoms with Gasteiger partial charge in [0.05, 0.1) is 21.9 Å². The molecule has 0 bridgehead atoms. The molecular weight excluding hydrogens is 420 g/mol. The third-order valence-corrected chi connectivity index (χ3v) is 5.98. The minimum Gasteiger partial charge on any atom is -0.311 e. The number of anilines is 2. The standard InChI is InChI=1S/C18H11BrN2O2S2/c1-20-13-8-3-2-7-12(13)14(16(20)22)15-17(23)21(18(24)25-15)11-6-4-5-10(19)9-11/h2-9H,1H3. The number of nitrogens with zero attached hydrogens (tertiary/aromatic N) is 2. The molecule has 0 aliphatic carbocycles. The van der Waals surface area contributed by atoms with Crippen molar-refractivity contribution >= 4 is 73.0 Å². The molecule has 1 fully saturated rings. The quantitative estimate of drug-likeness (QED) is 0.501. The molecule has 1 saturated heterocycles. The molecule has 2 amide bonds. The number of thiocarbonyl (C=S) groups is 1. The molecular formula is C18H11BrN2O2S2. The molecule has 2 aromatic rings. The second-order valence-corrected chi connectivity index (χ2v) is 8.13. The van der Waals surface area contributed by atoms with Crippen LogP contribution in [0.1, 0.15) is 5.56 Å². The predicted octanol–water partition coefficient (Wildman–Crippen LogP) is 4.20. The zero-order chi connectivity index (χ0) is 17.7. The number of para-hydroxylation sites is 1. The van der Waals surface area contributed by atoms with Crippen molar-refractivity contribution in [3.05, 3.63) is 63.5 Å². The summed E-state index contributed by atoms with van der Waals surface area (Å²) in [5.74, 6) is -0.447. The van der Waals surface area contributed by atoms with Crippen LogP contribution in [0.5, 0.6) is 0 Å². The Hall–Kier alpha value is -1.96. The third-order valence-electron chi connectivity index (χ3n) is 4.12.